The Hall–Kier alpha value is -2.46. The fourth-order valence-corrected chi connectivity index (χ4v) is 1.51. The number of nitrogens with one attached hydrogen (secondary N) is 1. The number of anilines is 2. The summed E-state index contributed by atoms with van der Waals surface area (Å²) in [5, 5.41) is 0. The zero-order chi connectivity index (χ0) is 15.1. The number of nitrogen functional groups attached to an aromatic ring is 1. The van der Waals surface area contributed by atoms with Gasteiger partial charge in [-0.1, -0.05) is 0 Å². The minimum atomic E-state index is -0.625. The lowest BCUT2D eigenvalue weighted by molar-refractivity contribution is -0.117. The third kappa shape index (κ3) is 4.66. The monoisotopic (exact) mass is 283 g/mol. The number of carbonyl (C=O) groups is 2. The van der Waals surface area contributed by atoms with Gasteiger partial charge in [-0.05, 0) is 0 Å². The first-order valence-electron chi connectivity index (χ1n) is 5.61. The minimum absolute atomic E-state index is 0.142. The molecule has 0 aliphatic rings. The van der Waals surface area contributed by atoms with Gasteiger partial charge in [0, 0.05) is 13.2 Å². The number of nitrogens with two attached hydrogens (primary N) is 3. The zero-order valence-electron chi connectivity index (χ0n) is 11.0. The smallest absolute Gasteiger partial charge is 0.237 e. The first kappa shape index (κ1) is 15.6. The second-order valence-corrected chi connectivity index (χ2v) is 3.89. The van der Waals surface area contributed by atoms with E-state index in [2.05, 4.69) is 15.4 Å². The van der Waals surface area contributed by atoms with Gasteiger partial charge in [0.05, 0.1) is 13.1 Å². The number of rotatable bonds is 8. The third-order valence-corrected chi connectivity index (χ3v) is 2.20. The van der Waals surface area contributed by atoms with Crippen LogP contribution in [0.3, 0.4) is 0 Å². The van der Waals surface area contributed by atoms with Gasteiger partial charge in [0.1, 0.15) is 18.2 Å². The van der Waals surface area contributed by atoms with Crippen molar-refractivity contribution in [3.8, 4) is 0 Å². The van der Waals surface area contributed by atoms with Gasteiger partial charge in [-0.25, -0.2) is 15.8 Å². The topological polar surface area (TPSA) is 162 Å². The molecule has 0 radical (unpaired) electrons. The number of hydrogen-bond acceptors (Lipinski definition) is 8. The van der Waals surface area contributed by atoms with Gasteiger partial charge in [0.15, 0.2) is 5.82 Å². The van der Waals surface area contributed by atoms with Crippen LogP contribution in [0.5, 0.6) is 0 Å². The normalized spacial score (nSPS) is 10.1. The predicted octanol–water partition coefficient (Wildman–Crippen LogP) is -2.31. The summed E-state index contributed by atoms with van der Waals surface area (Å²) in [5.74, 6) is 4.98. The number of methoxy groups -OCH3 is 1. The third-order valence-electron chi connectivity index (χ3n) is 2.20. The van der Waals surface area contributed by atoms with Crippen LogP contribution < -0.4 is 27.6 Å². The lowest BCUT2D eigenvalue weighted by Crippen LogP contribution is -2.40. The van der Waals surface area contributed by atoms with Crippen molar-refractivity contribution < 1.29 is 14.3 Å². The van der Waals surface area contributed by atoms with Crippen molar-refractivity contribution in [2.45, 2.75) is 6.61 Å². The molecule has 0 aliphatic heterocycles. The molecule has 1 rings (SSSR count). The highest BCUT2D eigenvalue weighted by Gasteiger charge is 2.16. The highest BCUT2D eigenvalue weighted by atomic mass is 16.5. The van der Waals surface area contributed by atoms with E-state index < -0.39 is 11.8 Å². The average Bonchev–Trinajstić information content (AvgIpc) is 2.37. The first-order chi connectivity index (χ1) is 9.46. The predicted molar refractivity (Wildman–Crippen MR) is 71.2 cm³/mol. The van der Waals surface area contributed by atoms with Crippen LogP contribution in [0.2, 0.25) is 0 Å². The summed E-state index contributed by atoms with van der Waals surface area (Å²) in [6.45, 7) is -0.281. The molecule has 10 heteroatoms. The van der Waals surface area contributed by atoms with Gasteiger partial charge in [-0.2, -0.15) is 0 Å². The number of nitrogens with zero attached hydrogens (tertiary/aromatic N) is 3. The van der Waals surface area contributed by atoms with Crippen LogP contribution in [0.4, 0.5) is 11.6 Å². The quantitative estimate of drug-likeness (QED) is 0.305. The van der Waals surface area contributed by atoms with Crippen molar-refractivity contribution in [2.24, 2.45) is 17.3 Å². The van der Waals surface area contributed by atoms with Gasteiger partial charge in [-0.3, -0.25) is 9.59 Å². The van der Waals surface area contributed by atoms with E-state index in [4.69, 9.17) is 22.0 Å². The van der Waals surface area contributed by atoms with E-state index in [0.717, 1.165) is 0 Å². The van der Waals surface area contributed by atoms with Crippen molar-refractivity contribution in [1.29, 1.82) is 0 Å². The maximum atomic E-state index is 11.0. The van der Waals surface area contributed by atoms with E-state index in [0.29, 0.717) is 11.6 Å². The molecule has 20 heavy (non-hydrogen) atoms. The van der Waals surface area contributed by atoms with Crippen LogP contribution in [0.1, 0.15) is 5.82 Å². The molecule has 7 N–H and O–H groups in total. The van der Waals surface area contributed by atoms with E-state index >= 15 is 0 Å². The van der Waals surface area contributed by atoms with Gasteiger partial charge in [0.2, 0.25) is 11.8 Å². The molecule has 0 saturated heterocycles. The maximum absolute atomic E-state index is 11.0. The Labute approximate surface area is 115 Å². The number of aromatic nitrogens is 2. The molecule has 0 aliphatic carbocycles. The molecule has 0 saturated carbocycles. The van der Waals surface area contributed by atoms with E-state index in [1.807, 2.05) is 0 Å². The Balaban J connectivity index is 3.12. The van der Waals surface area contributed by atoms with Crippen LogP contribution in [0.25, 0.3) is 0 Å². The molecular formula is C10H17N7O3. The molecule has 0 spiro atoms. The van der Waals surface area contributed by atoms with Gasteiger partial charge >= 0.3 is 0 Å². The van der Waals surface area contributed by atoms with Crippen LogP contribution in [0, 0.1) is 0 Å². The Morgan fingerprint density at radius 1 is 1.30 bits per heavy atom. The molecule has 0 unspecified atom stereocenters. The van der Waals surface area contributed by atoms with Crippen molar-refractivity contribution in [1.82, 2.24) is 9.97 Å². The second-order valence-electron chi connectivity index (χ2n) is 3.89. The molecule has 110 valence electrons. The fourth-order valence-electron chi connectivity index (χ4n) is 1.51. The van der Waals surface area contributed by atoms with Crippen molar-refractivity contribution >= 4 is 23.5 Å². The SMILES string of the molecule is COCc1nc(NN)cc(N(CC(N)=O)CC(N)=O)n1. The minimum Gasteiger partial charge on any atom is -0.377 e. The largest absolute Gasteiger partial charge is 0.377 e. The highest BCUT2D eigenvalue weighted by Crippen LogP contribution is 2.15. The number of hydrogen-bond donors (Lipinski definition) is 4. The van der Waals surface area contributed by atoms with Crippen LogP contribution in [-0.2, 0) is 20.9 Å². The number of primary amides is 2. The van der Waals surface area contributed by atoms with Crippen molar-refractivity contribution in [3.63, 3.8) is 0 Å². The van der Waals surface area contributed by atoms with Crippen LogP contribution in [0.15, 0.2) is 6.07 Å². The van der Waals surface area contributed by atoms with Crippen LogP contribution in [-0.4, -0.2) is 42.0 Å². The van der Waals surface area contributed by atoms with E-state index in [9.17, 15) is 9.59 Å². The summed E-state index contributed by atoms with van der Waals surface area (Å²) in [5.41, 5.74) is 12.6. The standard InChI is InChI=1S/C10H17N7O3/c1-20-5-9-14-8(16-13)2-10(15-9)17(3-6(11)18)4-7(12)19/h2H,3-5,13H2,1H3,(H2,11,18)(H2,12,19)(H,14,15,16). The summed E-state index contributed by atoms with van der Waals surface area (Å²) >= 11 is 0. The molecule has 0 aromatic carbocycles. The fraction of sp³-hybridized carbons (Fsp3) is 0.400. The molecule has 0 bridgehead atoms. The number of hydrazine groups is 1. The summed E-state index contributed by atoms with van der Waals surface area (Å²) in [7, 11) is 1.48. The molecular weight excluding hydrogens is 266 g/mol. The lowest BCUT2D eigenvalue weighted by Gasteiger charge is -2.21. The summed E-state index contributed by atoms with van der Waals surface area (Å²) in [6, 6.07) is 1.46. The molecule has 10 nitrogen and oxygen atoms in total. The molecule has 0 fully saturated rings. The van der Waals surface area contributed by atoms with Crippen LogP contribution >= 0.6 is 0 Å². The zero-order valence-corrected chi connectivity index (χ0v) is 11.0. The Bertz CT molecular complexity index is 478. The summed E-state index contributed by atoms with van der Waals surface area (Å²) in [4.78, 5) is 31.6. The number of ether oxygens (including phenoxy) is 1. The molecule has 1 aromatic heterocycles. The van der Waals surface area contributed by atoms with E-state index in [1.165, 1.54) is 18.1 Å². The first-order valence-corrected chi connectivity index (χ1v) is 5.61. The molecule has 1 heterocycles. The lowest BCUT2D eigenvalue weighted by atomic mass is 10.4. The second kappa shape index (κ2) is 7.21. The number of amides is 2. The molecule has 1 aromatic rings. The summed E-state index contributed by atoms with van der Waals surface area (Å²) < 4.78 is 4.93. The Morgan fingerprint density at radius 3 is 2.35 bits per heavy atom. The Kier molecular flexibility index (Phi) is 5.62. The van der Waals surface area contributed by atoms with Crippen molar-refractivity contribution in [2.75, 3.05) is 30.5 Å². The Morgan fingerprint density at radius 2 is 1.90 bits per heavy atom. The average molecular weight is 283 g/mol. The maximum Gasteiger partial charge on any atom is 0.237 e. The van der Waals surface area contributed by atoms with Crippen molar-refractivity contribution in [3.05, 3.63) is 11.9 Å². The molecule has 0 atom stereocenters. The molecule has 2 amide bonds. The van der Waals surface area contributed by atoms with Gasteiger partial charge < -0.3 is 26.5 Å². The van der Waals surface area contributed by atoms with Gasteiger partial charge in [0.25, 0.3) is 0 Å². The van der Waals surface area contributed by atoms with E-state index in [-0.39, 0.29) is 25.5 Å². The number of carbonyl (C=O) groups excluding carboxylic acids is 2. The van der Waals surface area contributed by atoms with E-state index in [1.54, 1.807) is 0 Å². The highest BCUT2D eigenvalue weighted by molar-refractivity contribution is 5.84. The summed E-state index contributed by atoms with van der Waals surface area (Å²) in [6.07, 6.45) is 0. The van der Waals surface area contributed by atoms with Gasteiger partial charge in [-0.15, -0.1) is 0 Å².